The van der Waals surface area contributed by atoms with Crippen molar-refractivity contribution < 1.29 is 27.4 Å². The molecule has 2 N–H and O–H groups in total. The molecule has 8 nitrogen and oxygen atoms in total. The summed E-state index contributed by atoms with van der Waals surface area (Å²) in [6, 6.07) is 19.8. The first-order valence-electron chi connectivity index (χ1n) is 9.50. The third-order valence-electron chi connectivity index (χ3n) is 4.36. The molecule has 0 aliphatic carbocycles. The fourth-order valence-corrected chi connectivity index (χ4v) is 3.96. The van der Waals surface area contributed by atoms with Crippen LogP contribution in [0.5, 0.6) is 17.2 Å². The smallest absolute Gasteiger partial charge is 0.262 e. The van der Waals surface area contributed by atoms with E-state index in [4.69, 9.17) is 14.2 Å². The number of hydrogen-bond donors (Lipinski definition) is 2. The van der Waals surface area contributed by atoms with E-state index in [1.54, 1.807) is 42.5 Å². The summed E-state index contributed by atoms with van der Waals surface area (Å²) in [6.07, 6.45) is 0. The zero-order chi connectivity index (χ0) is 21.7. The van der Waals surface area contributed by atoms with Gasteiger partial charge in [0.2, 0.25) is 0 Å². The number of hydrogen-bond acceptors (Lipinski definition) is 6. The molecule has 0 spiro atoms. The highest BCUT2D eigenvalue weighted by Gasteiger charge is 2.19. The molecule has 1 amide bonds. The first-order chi connectivity index (χ1) is 15.0. The number of anilines is 2. The molecule has 0 saturated heterocycles. The van der Waals surface area contributed by atoms with E-state index in [2.05, 4.69) is 10.0 Å². The largest absolute Gasteiger partial charge is 0.486 e. The maximum absolute atomic E-state index is 12.7. The van der Waals surface area contributed by atoms with Crippen molar-refractivity contribution in [1.82, 2.24) is 0 Å². The molecule has 1 aliphatic heterocycles. The highest BCUT2D eigenvalue weighted by atomic mass is 32.2. The number of rotatable bonds is 7. The van der Waals surface area contributed by atoms with Gasteiger partial charge in [-0.05, 0) is 48.5 Å². The van der Waals surface area contributed by atoms with Gasteiger partial charge < -0.3 is 19.5 Å². The zero-order valence-corrected chi connectivity index (χ0v) is 17.2. The highest BCUT2D eigenvalue weighted by molar-refractivity contribution is 7.92. The second-order valence-corrected chi connectivity index (χ2v) is 8.32. The number of benzene rings is 3. The Kier molecular flexibility index (Phi) is 5.94. The van der Waals surface area contributed by atoms with Crippen LogP contribution in [0.1, 0.15) is 0 Å². The molecule has 3 aromatic rings. The summed E-state index contributed by atoms with van der Waals surface area (Å²) < 4.78 is 44.1. The minimum atomic E-state index is -3.81. The Balaban J connectivity index is 1.36. The topological polar surface area (TPSA) is 103 Å². The molecule has 0 aromatic heterocycles. The van der Waals surface area contributed by atoms with Crippen molar-refractivity contribution in [2.75, 3.05) is 29.9 Å². The molecule has 0 radical (unpaired) electrons. The summed E-state index contributed by atoms with van der Waals surface area (Å²) in [5, 5.41) is 2.70. The Hall–Kier alpha value is -3.72. The summed E-state index contributed by atoms with van der Waals surface area (Å²) >= 11 is 0. The van der Waals surface area contributed by atoms with E-state index in [-0.39, 0.29) is 17.4 Å². The Morgan fingerprint density at radius 2 is 1.55 bits per heavy atom. The molecule has 0 bridgehead atoms. The highest BCUT2D eigenvalue weighted by Crippen LogP contribution is 2.32. The van der Waals surface area contributed by atoms with Crippen molar-refractivity contribution in [3.05, 3.63) is 72.8 Å². The Bertz CT molecular complexity index is 1160. The van der Waals surface area contributed by atoms with Crippen LogP contribution in [0.15, 0.2) is 77.7 Å². The van der Waals surface area contributed by atoms with Crippen LogP contribution in [0.2, 0.25) is 0 Å². The van der Waals surface area contributed by atoms with Crippen molar-refractivity contribution in [3.8, 4) is 17.2 Å². The number of para-hydroxylation sites is 1. The average Bonchev–Trinajstić information content (AvgIpc) is 2.79. The van der Waals surface area contributed by atoms with Crippen molar-refractivity contribution in [3.63, 3.8) is 0 Å². The van der Waals surface area contributed by atoms with E-state index < -0.39 is 10.0 Å². The van der Waals surface area contributed by atoms with Gasteiger partial charge in [0, 0.05) is 17.4 Å². The van der Waals surface area contributed by atoms with Gasteiger partial charge in [0.05, 0.1) is 4.90 Å². The Morgan fingerprint density at radius 1 is 0.871 bits per heavy atom. The lowest BCUT2D eigenvalue weighted by Gasteiger charge is -2.19. The maximum Gasteiger partial charge on any atom is 0.262 e. The normalized spacial score (nSPS) is 12.6. The first kappa shape index (κ1) is 20.5. The molecule has 1 heterocycles. The SMILES string of the molecule is O=C(COc1ccccc1)Nc1ccc(NS(=O)(=O)c2ccc3c(c2)OCCO3)cc1. The summed E-state index contributed by atoms with van der Waals surface area (Å²) in [6.45, 7) is 0.661. The number of fused-ring (bicyclic) bond motifs is 1. The van der Waals surface area contributed by atoms with Crippen molar-refractivity contribution in [1.29, 1.82) is 0 Å². The molecule has 0 atom stereocenters. The quantitative estimate of drug-likeness (QED) is 0.585. The fourth-order valence-electron chi connectivity index (χ4n) is 2.89. The summed E-state index contributed by atoms with van der Waals surface area (Å²) in [7, 11) is -3.81. The van der Waals surface area contributed by atoms with Gasteiger partial charge in [-0.15, -0.1) is 0 Å². The summed E-state index contributed by atoms with van der Waals surface area (Å²) in [5.74, 6) is 1.18. The fraction of sp³-hybridized carbons (Fsp3) is 0.136. The Labute approximate surface area is 179 Å². The van der Waals surface area contributed by atoms with Gasteiger partial charge in [-0.25, -0.2) is 8.42 Å². The third-order valence-corrected chi connectivity index (χ3v) is 5.74. The minimum absolute atomic E-state index is 0.0622. The van der Waals surface area contributed by atoms with Crippen LogP contribution < -0.4 is 24.2 Å². The molecule has 9 heteroatoms. The van der Waals surface area contributed by atoms with Crippen LogP contribution in [-0.2, 0) is 14.8 Å². The van der Waals surface area contributed by atoms with Gasteiger partial charge in [-0.3, -0.25) is 9.52 Å². The molecule has 160 valence electrons. The zero-order valence-electron chi connectivity index (χ0n) is 16.4. The summed E-state index contributed by atoms with van der Waals surface area (Å²) in [4.78, 5) is 12.1. The molecular weight excluding hydrogens is 420 g/mol. The lowest BCUT2D eigenvalue weighted by atomic mass is 10.3. The second kappa shape index (κ2) is 8.97. The maximum atomic E-state index is 12.7. The van der Waals surface area contributed by atoms with E-state index in [0.29, 0.717) is 41.8 Å². The van der Waals surface area contributed by atoms with E-state index in [1.807, 2.05) is 18.2 Å². The minimum Gasteiger partial charge on any atom is -0.486 e. The van der Waals surface area contributed by atoms with Crippen LogP contribution >= 0.6 is 0 Å². The van der Waals surface area contributed by atoms with E-state index in [0.717, 1.165) is 0 Å². The molecule has 0 saturated carbocycles. The molecule has 0 fully saturated rings. The number of sulfonamides is 1. The number of amides is 1. The molecule has 1 aliphatic rings. The molecular formula is C22H20N2O6S. The molecule has 0 unspecified atom stereocenters. The van der Waals surface area contributed by atoms with Crippen LogP contribution in [0.4, 0.5) is 11.4 Å². The second-order valence-electron chi connectivity index (χ2n) is 6.64. The van der Waals surface area contributed by atoms with Gasteiger partial charge in [0.25, 0.3) is 15.9 Å². The Morgan fingerprint density at radius 3 is 2.29 bits per heavy atom. The molecule has 4 rings (SSSR count). The average molecular weight is 440 g/mol. The van der Waals surface area contributed by atoms with Crippen molar-refractivity contribution in [2.24, 2.45) is 0 Å². The van der Waals surface area contributed by atoms with E-state index in [9.17, 15) is 13.2 Å². The predicted molar refractivity (Wildman–Crippen MR) is 115 cm³/mol. The number of nitrogens with one attached hydrogen (secondary N) is 2. The van der Waals surface area contributed by atoms with Crippen LogP contribution in [-0.4, -0.2) is 34.1 Å². The van der Waals surface area contributed by atoms with Crippen LogP contribution in [0.25, 0.3) is 0 Å². The van der Waals surface area contributed by atoms with Crippen LogP contribution in [0, 0.1) is 0 Å². The number of carbonyl (C=O) groups excluding carboxylic acids is 1. The number of carbonyl (C=O) groups is 1. The standard InChI is InChI=1S/C22H20N2O6S/c25-22(15-30-18-4-2-1-3-5-18)23-16-6-8-17(9-7-16)24-31(26,27)19-10-11-20-21(14-19)29-13-12-28-20/h1-11,14,24H,12-13,15H2,(H,23,25). The lowest BCUT2D eigenvalue weighted by Crippen LogP contribution is -2.20. The lowest BCUT2D eigenvalue weighted by molar-refractivity contribution is -0.118. The first-order valence-corrected chi connectivity index (χ1v) is 11.0. The van der Waals surface area contributed by atoms with Crippen LogP contribution in [0.3, 0.4) is 0 Å². The van der Waals surface area contributed by atoms with E-state index in [1.165, 1.54) is 12.1 Å². The van der Waals surface area contributed by atoms with Gasteiger partial charge in [0.1, 0.15) is 19.0 Å². The number of ether oxygens (including phenoxy) is 3. The third kappa shape index (κ3) is 5.26. The monoisotopic (exact) mass is 440 g/mol. The van der Waals surface area contributed by atoms with Gasteiger partial charge in [-0.2, -0.15) is 0 Å². The molecule has 31 heavy (non-hydrogen) atoms. The van der Waals surface area contributed by atoms with Gasteiger partial charge in [-0.1, -0.05) is 18.2 Å². The van der Waals surface area contributed by atoms with Crippen molar-refractivity contribution in [2.45, 2.75) is 4.90 Å². The van der Waals surface area contributed by atoms with Crippen molar-refractivity contribution >= 4 is 27.3 Å². The molecule has 3 aromatic carbocycles. The predicted octanol–water partition coefficient (Wildman–Crippen LogP) is 3.28. The summed E-state index contributed by atoms with van der Waals surface area (Å²) in [5.41, 5.74) is 0.873. The van der Waals surface area contributed by atoms with E-state index >= 15 is 0 Å². The van der Waals surface area contributed by atoms with Gasteiger partial charge in [0.15, 0.2) is 18.1 Å². The van der Waals surface area contributed by atoms with Gasteiger partial charge >= 0.3 is 0 Å².